The number of rotatable bonds is 3. The molecule has 3 heteroatoms. The molecule has 0 spiro atoms. The van der Waals surface area contributed by atoms with Gasteiger partial charge in [-0.05, 0) is 11.1 Å². The predicted molar refractivity (Wildman–Crippen MR) is 64.9 cm³/mol. The predicted octanol–water partition coefficient (Wildman–Crippen LogP) is 2.85. The van der Waals surface area contributed by atoms with E-state index in [4.69, 9.17) is 5.73 Å². The van der Waals surface area contributed by atoms with Gasteiger partial charge in [0.25, 0.3) is 5.91 Å². The van der Waals surface area contributed by atoms with E-state index < -0.39 is 12.1 Å². The van der Waals surface area contributed by atoms with Crippen molar-refractivity contribution in [2.24, 2.45) is 5.73 Å². The average Bonchev–Trinajstić information content (AvgIpc) is 2.39. The summed E-state index contributed by atoms with van der Waals surface area (Å²) >= 11 is 0. The summed E-state index contributed by atoms with van der Waals surface area (Å²) in [7, 11) is 0. The van der Waals surface area contributed by atoms with Crippen molar-refractivity contribution in [1.82, 2.24) is 0 Å². The maximum atomic E-state index is 13.7. The van der Waals surface area contributed by atoms with Crippen LogP contribution in [0.3, 0.4) is 0 Å². The van der Waals surface area contributed by atoms with Gasteiger partial charge in [0.15, 0.2) is 0 Å². The molecule has 17 heavy (non-hydrogen) atoms. The highest BCUT2D eigenvalue weighted by Crippen LogP contribution is 2.29. The summed E-state index contributed by atoms with van der Waals surface area (Å²) < 4.78 is 13.7. The van der Waals surface area contributed by atoms with Crippen LogP contribution in [0, 0.1) is 0 Å². The summed E-state index contributed by atoms with van der Waals surface area (Å²) in [6.45, 7) is 0. The molecule has 2 nitrogen and oxygen atoms in total. The van der Waals surface area contributed by atoms with Crippen molar-refractivity contribution in [3.8, 4) is 11.1 Å². The Bertz CT molecular complexity index is 525. The first-order chi connectivity index (χ1) is 8.20. The molecular formula is C14H12FNO. The van der Waals surface area contributed by atoms with E-state index in [1.807, 2.05) is 30.3 Å². The van der Waals surface area contributed by atoms with E-state index in [1.165, 1.54) is 0 Å². The SMILES string of the molecule is NC(=O)[C@H](F)c1ccccc1-c1ccccc1. The van der Waals surface area contributed by atoms with E-state index in [0.717, 1.165) is 5.56 Å². The summed E-state index contributed by atoms with van der Waals surface area (Å²) in [5.74, 6) is -0.964. The van der Waals surface area contributed by atoms with Crippen LogP contribution in [0.5, 0.6) is 0 Å². The Morgan fingerprint density at radius 3 is 2.24 bits per heavy atom. The van der Waals surface area contributed by atoms with Crippen molar-refractivity contribution in [2.75, 3.05) is 0 Å². The summed E-state index contributed by atoms with van der Waals surface area (Å²) in [4.78, 5) is 10.9. The molecule has 0 unspecified atom stereocenters. The third kappa shape index (κ3) is 2.33. The number of halogens is 1. The van der Waals surface area contributed by atoms with Gasteiger partial charge < -0.3 is 5.73 Å². The molecule has 0 fully saturated rings. The maximum absolute atomic E-state index is 13.7. The molecule has 0 bridgehead atoms. The summed E-state index contributed by atoms with van der Waals surface area (Å²) in [5, 5.41) is 0. The minimum absolute atomic E-state index is 0.311. The number of carbonyl (C=O) groups is 1. The topological polar surface area (TPSA) is 43.1 Å². The first kappa shape index (κ1) is 11.3. The number of amides is 1. The lowest BCUT2D eigenvalue weighted by molar-refractivity contribution is -0.122. The lowest BCUT2D eigenvalue weighted by atomic mass is 9.97. The standard InChI is InChI=1S/C14H12FNO/c15-13(14(16)17)12-9-5-4-8-11(12)10-6-2-1-3-7-10/h1-9,13H,(H2,16,17)/t13-/m1/s1. The van der Waals surface area contributed by atoms with Crippen LogP contribution in [-0.4, -0.2) is 5.91 Å². The van der Waals surface area contributed by atoms with Crippen molar-refractivity contribution in [1.29, 1.82) is 0 Å². The molecule has 2 aromatic rings. The summed E-state index contributed by atoms with van der Waals surface area (Å²) in [6, 6.07) is 16.2. The third-order valence-electron chi connectivity index (χ3n) is 2.57. The van der Waals surface area contributed by atoms with Crippen LogP contribution in [0.15, 0.2) is 54.6 Å². The molecule has 2 aromatic carbocycles. The monoisotopic (exact) mass is 229 g/mol. The summed E-state index contributed by atoms with van der Waals surface area (Å²) in [6.07, 6.45) is -1.77. The number of nitrogens with two attached hydrogens (primary N) is 1. The first-order valence-corrected chi connectivity index (χ1v) is 5.28. The Hall–Kier alpha value is -2.16. The van der Waals surface area contributed by atoms with Crippen molar-refractivity contribution in [3.05, 3.63) is 60.2 Å². The molecule has 1 amide bonds. The molecule has 86 valence electrons. The minimum Gasteiger partial charge on any atom is -0.367 e. The molecule has 0 heterocycles. The smallest absolute Gasteiger partial charge is 0.256 e. The highest BCUT2D eigenvalue weighted by molar-refractivity contribution is 5.83. The van der Waals surface area contributed by atoms with Crippen LogP contribution in [0.4, 0.5) is 4.39 Å². The second-order valence-electron chi connectivity index (χ2n) is 3.72. The zero-order valence-electron chi connectivity index (χ0n) is 9.14. The molecular weight excluding hydrogens is 217 g/mol. The van der Waals surface area contributed by atoms with E-state index in [-0.39, 0.29) is 0 Å². The van der Waals surface area contributed by atoms with Crippen molar-refractivity contribution in [3.63, 3.8) is 0 Å². The lowest BCUT2D eigenvalue weighted by Gasteiger charge is -2.11. The molecule has 0 aliphatic rings. The number of hydrogen-bond donors (Lipinski definition) is 1. The number of carbonyl (C=O) groups excluding carboxylic acids is 1. The van der Waals surface area contributed by atoms with Gasteiger partial charge in [0, 0.05) is 5.56 Å². The molecule has 0 aliphatic carbocycles. The number of primary amides is 1. The van der Waals surface area contributed by atoms with Gasteiger partial charge in [-0.3, -0.25) is 4.79 Å². The van der Waals surface area contributed by atoms with E-state index in [0.29, 0.717) is 11.1 Å². The molecule has 2 rings (SSSR count). The van der Waals surface area contributed by atoms with Crippen LogP contribution in [0.25, 0.3) is 11.1 Å². The van der Waals surface area contributed by atoms with E-state index in [9.17, 15) is 9.18 Å². The highest BCUT2D eigenvalue weighted by atomic mass is 19.1. The zero-order chi connectivity index (χ0) is 12.3. The Morgan fingerprint density at radius 2 is 1.59 bits per heavy atom. The quantitative estimate of drug-likeness (QED) is 0.864. The van der Waals surface area contributed by atoms with E-state index in [2.05, 4.69) is 0 Å². The van der Waals surface area contributed by atoms with Crippen molar-refractivity contribution in [2.45, 2.75) is 6.17 Å². The zero-order valence-corrected chi connectivity index (χ0v) is 9.14. The molecule has 0 aliphatic heterocycles. The fraction of sp³-hybridized carbons (Fsp3) is 0.0714. The Balaban J connectivity index is 2.52. The van der Waals surface area contributed by atoms with Gasteiger partial charge in [-0.1, -0.05) is 54.6 Å². The number of hydrogen-bond acceptors (Lipinski definition) is 1. The molecule has 0 saturated carbocycles. The van der Waals surface area contributed by atoms with Gasteiger partial charge in [-0.25, -0.2) is 4.39 Å². The summed E-state index contributed by atoms with van der Waals surface area (Å²) in [5.41, 5.74) is 6.87. The first-order valence-electron chi connectivity index (χ1n) is 5.28. The van der Waals surface area contributed by atoms with Crippen LogP contribution in [0.2, 0.25) is 0 Å². The van der Waals surface area contributed by atoms with Gasteiger partial charge in [-0.2, -0.15) is 0 Å². The molecule has 1 atom stereocenters. The number of benzene rings is 2. The largest absolute Gasteiger partial charge is 0.367 e. The normalized spacial score (nSPS) is 12.1. The van der Waals surface area contributed by atoms with Crippen LogP contribution < -0.4 is 5.73 Å². The second kappa shape index (κ2) is 4.78. The molecule has 0 aromatic heterocycles. The fourth-order valence-electron chi connectivity index (χ4n) is 1.75. The second-order valence-corrected chi connectivity index (χ2v) is 3.72. The third-order valence-corrected chi connectivity index (χ3v) is 2.57. The van der Waals surface area contributed by atoms with Crippen LogP contribution in [-0.2, 0) is 4.79 Å². The van der Waals surface area contributed by atoms with Gasteiger partial charge >= 0.3 is 0 Å². The lowest BCUT2D eigenvalue weighted by Crippen LogP contribution is -2.18. The van der Waals surface area contributed by atoms with Crippen molar-refractivity contribution >= 4 is 5.91 Å². The molecule has 0 saturated heterocycles. The van der Waals surface area contributed by atoms with Gasteiger partial charge in [0.2, 0.25) is 6.17 Å². The highest BCUT2D eigenvalue weighted by Gasteiger charge is 2.19. The molecule has 0 radical (unpaired) electrons. The van der Waals surface area contributed by atoms with Crippen molar-refractivity contribution < 1.29 is 9.18 Å². The van der Waals surface area contributed by atoms with Gasteiger partial charge in [0.1, 0.15) is 0 Å². The van der Waals surface area contributed by atoms with E-state index >= 15 is 0 Å². The van der Waals surface area contributed by atoms with Crippen LogP contribution in [0.1, 0.15) is 11.7 Å². The van der Waals surface area contributed by atoms with Gasteiger partial charge in [0.05, 0.1) is 0 Å². The van der Waals surface area contributed by atoms with Crippen LogP contribution >= 0.6 is 0 Å². The Labute approximate surface area is 98.9 Å². The van der Waals surface area contributed by atoms with E-state index in [1.54, 1.807) is 24.3 Å². The average molecular weight is 229 g/mol. The van der Waals surface area contributed by atoms with Gasteiger partial charge in [-0.15, -0.1) is 0 Å². The Kier molecular flexibility index (Phi) is 3.19. The maximum Gasteiger partial charge on any atom is 0.256 e. The minimum atomic E-state index is -1.77. The fourth-order valence-corrected chi connectivity index (χ4v) is 1.75. The molecule has 2 N–H and O–H groups in total. The number of alkyl halides is 1. The Morgan fingerprint density at radius 1 is 1.00 bits per heavy atom.